The molecule has 0 spiro atoms. The van der Waals surface area contributed by atoms with Crippen molar-refractivity contribution in [3.8, 4) is 5.75 Å². The predicted molar refractivity (Wildman–Crippen MR) is 90.1 cm³/mol. The van der Waals surface area contributed by atoms with Gasteiger partial charge in [-0.3, -0.25) is 0 Å². The summed E-state index contributed by atoms with van der Waals surface area (Å²) in [7, 11) is 0. The van der Waals surface area contributed by atoms with Crippen molar-refractivity contribution in [2.75, 3.05) is 0 Å². The second-order valence-corrected chi connectivity index (χ2v) is 6.65. The van der Waals surface area contributed by atoms with E-state index in [-0.39, 0.29) is 17.9 Å². The van der Waals surface area contributed by atoms with Crippen LogP contribution in [0.4, 0.5) is 0 Å². The van der Waals surface area contributed by atoms with Gasteiger partial charge in [0.25, 0.3) is 0 Å². The maximum Gasteiger partial charge on any atom is 0.339 e. The fourth-order valence-corrected chi connectivity index (χ4v) is 3.65. The minimum absolute atomic E-state index is 0.0104. The van der Waals surface area contributed by atoms with Crippen LogP contribution in [-0.4, -0.2) is 17.1 Å². The van der Waals surface area contributed by atoms with Crippen molar-refractivity contribution in [1.29, 1.82) is 0 Å². The molecular formula is C19H23NO5. The number of carboxylic acid groups (broad SMARTS) is 1. The number of hydrogen-bond acceptors (Lipinski definition) is 5. The molecule has 0 bridgehead atoms. The summed E-state index contributed by atoms with van der Waals surface area (Å²) in [4.78, 5) is 23.6. The van der Waals surface area contributed by atoms with Gasteiger partial charge in [-0.15, -0.1) is 0 Å². The number of carbonyl (C=O) groups excluding carboxylic acids is 1. The van der Waals surface area contributed by atoms with Gasteiger partial charge in [-0.1, -0.05) is 13.3 Å². The van der Waals surface area contributed by atoms with Crippen molar-refractivity contribution in [2.24, 2.45) is 0 Å². The van der Waals surface area contributed by atoms with Gasteiger partial charge in [-0.25, -0.2) is 4.79 Å². The second-order valence-electron chi connectivity index (χ2n) is 6.65. The molecule has 3 N–H and O–H groups in total. The van der Waals surface area contributed by atoms with Crippen molar-refractivity contribution in [3.05, 3.63) is 39.2 Å². The smallest absolute Gasteiger partial charge is 0.339 e. The molecule has 0 radical (unpaired) electrons. The second kappa shape index (κ2) is 7.27. The molecule has 0 amide bonds. The predicted octanol–water partition coefficient (Wildman–Crippen LogP) is 0.359. The fourth-order valence-electron chi connectivity index (χ4n) is 3.65. The Labute approximate surface area is 145 Å². The topological polar surface area (TPSA) is 107 Å². The lowest BCUT2D eigenvalue weighted by molar-refractivity contribution is -0.698. The molecule has 6 heteroatoms. The van der Waals surface area contributed by atoms with Gasteiger partial charge in [-0.05, 0) is 43.4 Å². The Morgan fingerprint density at radius 1 is 1.32 bits per heavy atom. The number of carboxylic acids is 1. The number of phenols is 1. The van der Waals surface area contributed by atoms with Crippen molar-refractivity contribution in [1.82, 2.24) is 0 Å². The number of fused-ring (bicyclic) bond motifs is 3. The van der Waals surface area contributed by atoms with E-state index in [1.807, 2.05) is 6.92 Å². The van der Waals surface area contributed by atoms with Crippen LogP contribution in [0.25, 0.3) is 11.0 Å². The quantitative estimate of drug-likeness (QED) is 0.735. The van der Waals surface area contributed by atoms with Crippen molar-refractivity contribution < 1.29 is 24.7 Å². The number of carbonyl (C=O) groups is 1. The third kappa shape index (κ3) is 3.39. The number of hydrogen-bond donors (Lipinski definition) is 2. The zero-order chi connectivity index (χ0) is 18.0. The third-order valence-electron chi connectivity index (χ3n) is 4.98. The van der Waals surface area contributed by atoms with E-state index in [1.165, 1.54) is 0 Å². The first-order chi connectivity index (χ1) is 12.0. The Morgan fingerprint density at radius 2 is 2.04 bits per heavy atom. The number of aromatic hydroxyl groups is 1. The number of benzene rings is 1. The van der Waals surface area contributed by atoms with Crippen molar-refractivity contribution in [3.63, 3.8) is 0 Å². The van der Waals surface area contributed by atoms with Gasteiger partial charge in [0, 0.05) is 17.4 Å². The van der Waals surface area contributed by atoms with Crippen LogP contribution >= 0.6 is 0 Å². The van der Waals surface area contributed by atoms with Crippen LogP contribution in [-0.2, 0) is 24.2 Å². The molecule has 1 aliphatic carbocycles. The summed E-state index contributed by atoms with van der Waals surface area (Å²) in [5.74, 6) is -1.11. The van der Waals surface area contributed by atoms with Crippen molar-refractivity contribution in [2.45, 2.75) is 58.0 Å². The summed E-state index contributed by atoms with van der Waals surface area (Å²) in [5.41, 5.74) is 2.22. The van der Waals surface area contributed by atoms with Crippen LogP contribution in [0, 0.1) is 0 Å². The monoisotopic (exact) mass is 345 g/mol. The number of quaternary nitrogens is 1. The minimum Gasteiger partial charge on any atom is -0.544 e. The Hall–Kier alpha value is -2.34. The van der Waals surface area contributed by atoms with Gasteiger partial charge in [0.1, 0.15) is 18.3 Å². The molecule has 2 aromatic rings. The zero-order valence-corrected chi connectivity index (χ0v) is 14.3. The lowest BCUT2D eigenvalue weighted by atomic mass is 9.90. The molecule has 1 atom stereocenters. The number of aliphatic carboxylic acids is 1. The molecule has 0 unspecified atom stereocenters. The molecule has 1 aromatic carbocycles. The SMILES string of the molecule is CCC[C@H]([NH2+]Cc1c(O)ccc2c3c(c(=O)oc12)CCCC3)C(=O)[O-]. The van der Waals surface area contributed by atoms with Crippen LogP contribution in [0.2, 0.25) is 0 Å². The van der Waals surface area contributed by atoms with Crippen LogP contribution < -0.4 is 16.0 Å². The van der Waals surface area contributed by atoms with Crippen LogP contribution in [0.5, 0.6) is 5.75 Å². The molecule has 25 heavy (non-hydrogen) atoms. The van der Waals surface area contributed by atoms with E-state index in [1.54, 1.807) is 17.4 Å². The Bertz CT molecular complexity index is 855. The number of rotatable bonds is 6. The number of aryl methyl sites for hydroxylation is 1. The van der Waals surface area contributed by atoms with E-state index in [0.29, 0.717) is 17.6 Å². The molecule has 1 aliphatic rings. The summed E-state index contributed by atoms with van der Waals surface area (Å²) in [5, 5.41) is 23.9. The van der Waals surface area contributed by atoms with Gasteiger partial charge >= 0.3 is 5.63 Å². The molecule has 1 aromatic heterocycles. The lowest BCUT2D eigenvalue weighted by Crippen LogP contribution is -2.91. The summed E-state index contributed by atoms with van der Waals surface area (Å²) in [6.07, 6.45) is 4.75. The van der Waals surface area contributed by atoms with E-state index in [2.05, 4.69) is 0 Å². The van der Waals surface area contributed by atoms with E-state index >= 15 is 0 Å². The maximum atomic E-state index is 12.3. The normalized spacial score (nSPS) is 15.1. The van der Waals surface area contributed by atoms with Crippen LogP contribution in [0.3, 0.4) is 0 Å². The Kier molecular flexibility index (Phi) is 5.08. The Balaban J connectivity index is 2.03. The molecule has 0 saturated carbocycles. The molecular weight excluding hydrogens is 322 g/mol. The number of phenolic OH excluding ortho intramolecular Hbond substituents is 1. The zero-order valence-electron chi connectivity index (χ0n) is 14.3. The highest BCUT2D eigenvalue weighted by molar-refractivity contribution is 5.86. The minimum atomic E-state index is -1.12. The van der Waals surface area contributed by atoms with Gasteiger partial charge in [0.05, 0.1) is 11.5 Å². The highest BCUT2D eigenvalue weighted by Crippen LogP contribution is 2.32. The maximum absolute atomic E-state index is 12.3. The van der Waals surface area contributed by atoms with Crippen LogP contribution in [0.15, 0.2) is 21.3 Å². The number of nitrogens with two attached hydrogens (primary N) is 1. The van der Waals surface area contributed by atoms with E-state index in [4.69, 9.17) is 4.42 Å². The first-order valence-electron chi connectivity index (χ1n) is 8.86. The van der Waals surface area contributed by atoms with E-state index < -0.39 is 12.0 Å². The highest BCUT2D eigenvalue weighted by Gasteiger charge is 2.22. The Morgan fingerprint density at radius 3 is 2.72 bits per heavy atom. The first-order valence-corrected chi connectivity index (χ1v) is 8.86. The van der Waals surface area contributed by atoms with E-state index in [0.717, 1.165) is 48.6 Å². The van der Waals surface area contributed by atoms with Gasteiger partial charge < -0.3 is 24.7 Å². The molecule has 1 heterocycles. The third-order valence-corrected chi connectivity index (χ3v) is 4.98. The van der Waals surface area contributed by atoms with E-state index in [9.17, 15) is 19.8 Å². The van der Waals surface area contributed by atoms with Gasteiger partial charge in [0.15, 0.2) is 5.58 Å². The largest absolute Gasteiger partial charge is 0.544 e. The first kappa shape index (κ1) is 17.5. The average Bonchev–Trinajstić information content (AvgIpc) is 2.60. The summed E-state index contributed by atoms with van der Waals surface area (Å²) in [6, 6.07) is 2.68. The summed E-state index contributed by atoms with van der Waals surface area (Å²) >= 11 is 0. The average molecular weight is 345 g/mol. The highest BCUT2D eigenvalue weighted by atomic mass is 16.4. The molecule has 0 aliphatic heterocycles. The van der Waals surface area contributed by atoms with Gasteiger partial charge in [-0.2, -0.15) is 0 Å². The molecule has 0 saturated heterocycles. The van der Waals surface area contributed by atoms with Gasteiger partial charge in [0.2, 0.25) is 0 Å². The molecule has 134 valence electrons. The standard InChI is InChI=1S/C19H23NO5/c1-2-5-15(18(22)23)20-10-14-16(21)9-8-12-11-6-3-4-7-13(11)19(24)25-17(12)14/h8-9,15,20-21H,2-7,10H2,1H3,(H,22,23)/t15-/m0/s1. The summed E-state index contributed by atoms with van der Waals surface area (Å²) in [6.45, 7) is 2.12. The molecule has 6 nitrogen and oxygen atoms in total. The lowest BCUT2D eigenvalue weighted by Gasteiger charge is -2.19. The summed E-state index contributed by atoms with van der Waals surface area (Å²) < 4.78 is 5.53. The van der Waals surface area contributed by atoms with Crippen molar-refractivity contribution >= 4 is 16.9 Å². The fraction of sp³-hybridized carbons (Fsp3) is 0.474. The van der Waals surface area contributed by atoms with Crippen LogP contribution in [0.1, 0.15) is 49.3 Å². The molecule has 0 fully saturated rings. The molecule has 3 rings (SSSR count).